The summed E-state index contributed by atoms with van der Waals surface area (Å²) in [5.41, 5.74) is 1.36. The van der Waals surface area contributed by atoms with E-state index in [-0.39, 0.29) is 11.5 Å². The summed E-state index contributed by atoms with van der Waals surface area (Å²) in [7, 11) is 0. The molecule has 1 fully saturated rings. The second kappa shape index (κ2) is 4.46. The standard InChI is InChI=1S/C14H15NO3/c16-12-5-6-18-14-4-3-10(7-11(12)14)15-8-13(17)9-1-2-9/h3-7,9,13,15,17H,1-2,8H2. The van der Waals surface area contributed by atoms with Crippen LogP contribution < -0.4 is 10.7 Å². The molecule has 0 bridgehead atoms. The lowest BCUT2D eigenvalue weighted by Gasteiger charge is -2.11. The summed E-state index contributed by atoms with van der Waals surface area (Å²) in [5, 5.41) is 13.5. The summed E-state index contributed by atoms with van der Waals surface area (Å²) in [6.45, 7) is 0.522. The normalized spacial score (nSPS) is 16.7. The van der Waals surface area contributed by atoms with Crippen LogP contribution in [0.25, 0.3) is 11.0 Å². The first-order chi connectivity index (χ1) is 8.74. The predicted molar refractivity (Wildman–Crippen MR) is 69.7 cm³/mol. The first kappa shape index (κ1) is 11.3. The van der Waals surface area contributed by atoms with Crippen molar-refractivity contribution >= 4 is 16.7 Å². The summed E-state index contributed by atoms with van der Waals surface area (Å²) >= 11 is 0. The van der Waals surface area contributed by atoms with Crippen LogP contribution in [0.3, 0.4) is 0 Å². The molecule has 1 aliphatic rings. The lowest BCUT2D eigenvalue weighted by atomic mass is 10.2. The van der Waals surface area contributed by atoms with E-state index in [1.807, 2.05) is 6.07 Å². The smallest absolute Gasteiger partial charge is 0.192 e. The molecule has 3 rings (SSSR count). The van der Waals surface area contributed by atoms with E-state index in [2.05, 4.69) is 5.32 Å². The van der Waals surface area contributed by atoms with Gasteiger partial charge in [0, 0.05) is 18.3 Å². The Morgan fingerprint density at radius 3 is 3.00 bits per heavy atom. The molecule has 2 N–H and O–H groups in total. The van der Waals surface area contributed by atoms with Crippen molar-refractivity contribution in [3.05, 3.63) is 40.8 Å². The molecule has 1 aromatic heterocycles. The minimum atomic E-state index is -0.298. The Balaban J connectivity index is 1.79. The SMILES string of the molecule is O=c1ccoc2ccc(NCC(O)C3CC3)cc12. The molecule has 1 unspecified atom stereocenters. The van der Waals surface area contributed by atoms with Gasteiger partial charge in [-0.3, -0.25) is 4.79 Å². The molecule has 0 saturated heterocycles. The van der Waals surface area contributed by atoms with E-state index in [4.69, 9.17) is 4.42 Å². The van der Waals surface area contributed by atoms with Crippen molar-refractivity contribution in [2.24, 2.45) is 5.92 Å². The van der Waals surface area contributed by atoms with Crippen LogP contribution in [0.5, 0.6) is 0 Å². The lowest BCUT2D eigenvalue weighted by molar-refractivity contribution is 0.164. The number of benzene rings is 1. The number of anilines is 1. The van der Waals surface area contributed by atoms with Gasteiger partial charge in [0.25, 0.3) is 0 Å². The predicted octanol–water partition coefficient (Wildman–Crippen LogP) is 1.98. The Morgan fingerprint density at radius 1 is 1.39 bits per heavy atom. The molecular formula is C14H15NO3. The maximum atomic E-state index is 11.7. The molecule has 0 aliphatic heterocycles. The zero-order chi connectivity index (χ0) is 12.5. The molecule has 0 radical (unpaired) electrons. The van der Waals surface area contributed by atoms with E-state index in [0.29, 0.717) is 23.4 Å². The molecule has 4 nitrogen and oxygen atoms in total. The van der Waals surface area contributed by atoms with Crippen LogP contribution in [-0.2, 0) is 0 Å². The molecule has 1 heterocycles. The quantitative estimate of drug-likeness (QED) is 0.864. The minimum absolute atomic E-state index is 0.0531. The molecule has 0 amide bonds. The van der Waals surface area contributed by atoms with Gasteiger partial charge in [0.05, 0.1) is 17.8 Å². The lowest BCUT2D eigenvalue weighted by Crippen LogP contribution is -2.21. The van der Waals surface area contributed by atoms with Gasteiger partial charge >= 0.3 is 0 Å². The molecule has 1 atom stereocenters. The maximum Gasteiger partial charge on any atom is 0.192 e. The van der Waals surface area contributed by atoms with Crippen molar-refractivity contribution in [2.45, 2.75) is 18.9 Å². The Hall–Kier alpha value is -1.81. The second-order valence-electron chi connectivity index (χ2n) is 4.78. The zero-order valence-corrected chi connectivity index (χ0v) is 9.93. The fraction of sp³-hybridized carbons (Fsp3) is 0.357. The fourth-order valence-electron chi connectivity index (χ4n) is 2.06. The molecular weight excluding hydrogens is 230 g/mol. The van der Waals surface area contributed by atoms with Crippen molar-refractivity contribution in [2.75, 3.05) is 11.9 Å². The van der Waals surface area contributed by atoms with Gasteiger partial charge in [-0.15, -0.1) is 0 Å². The summed E-state index contributed by atoms with van der Waals surface area (Å²) in [6.07, 6.45) is 3.33. The number of fused-ring (bicyclic) bond motifs is 1. The van der Waals surface area contributed by atoms with Crippen LogP contribution in [0.1, 0.15) is 12.8 Å². The monoisotopic (exact) mass is 245 g/mol. The van der Waals surface area contributed by atoms with Crippen molar-refractivity contribution in [3.63, 3.8) is 0 Å². The van der Waals surface area contributed by atoms with Crippen LogP contribution in [0, 0.1) is 5.92 Å². The summed E-state index contributed by atoms with van der Waals surface area (Å²) in [5.74, 6) is 0.447. The number of hydrogen-bond acceptors (Lipinski definition) is 4. The van der Waals surface area contributed by atoms with Crippen molar-refractivity contribution in [1.82, 2.24) is 0 Å². The first-order valence-electron chi connectivity index (χ1n) is 6.17. The topological polar surface area (TPSA) is 62.5 Å². The highest BCUT2D eigenvalue weighted by molar-refractivity contribution is 5.80. The van der Waals surface area contributed by atoms with Gasteiger partial charge in [-0.05, 0) is 37.0 Å². The van der Waals surface area contributed by atoms with Gasteiger partial charge in [0.2, 0.25) is 0 Å². The highest BCUT2D eigenvalue weighted by Crippen LogP contribution is 2.32. The van der Waals surface area contributed by atoms with Crippen molar-refractivity contribution in [1.29, 1.82) is 0 Å². The molecule has 1 aromatic carbocycles. The maximum absolute atomic E-state index is 11.7. The fourth-order valence-corrected chi connectivity index (χ4v) is 2.06. The number of nitrogens with one attached hydrogen (secondary N) is 1. The van der Waals surface area contributed by atoms with Crippen molar-refractivity contribution < 1.29 is 9.52 Å². The minimum Gasteiger partial charge on any atom is -0.464 e. The van der Waals surface area contributed by atoms with Gasteiger partial charge < -0.3 is 14.8 Å². The van der Waals surface area contributed by atoms with Crippen LogP contribution in [0.2, 0.25) is 0 Å². The third-order valence-corrected chi connectivity index (χ3v) is 3.34. The highest BCUT2D eigenvalue weighted by Gasteiger charge is 2.29. The summed E-state index contributed by atoms with van der Waals surface area (Å²) in [4.78, 5) is 11.7. The molecule has 18 heavy (non-hydrogen) atoms. The number of rotatable bonds is 4. The van der Waals surface area contributed by atoms with Gasteiger partial charge in [-0.2, -0.15) is 0 Å². The Morgan fingerprint density at radius 2 is 2.22 bits per heavy atom. The molecule has 94 valence electrons. The zero-order valence-electron chi connectivity index (χ0n) is 9.93. The summed E-state index contributed by atoms with van der Waals surface area (Å²) < 4.78 is 5.24. The number of aliphatic hydroxyl groups is 1. The largest absolute Gasteiger partial charge is 0.464 e. The Labute approximate surface area is 104 Å². The van der Waals surface area contributed by atoms with E-state index in [0.717, 1.165) is 18.5 Å². The number of aliphatic hydroxyl groups excluding tert-OH is 1. The van der Waals surface area contributed by atoms with Crippen LogP contribution in [-0.4, -0.2) is 17.8 Å². The molecule has 1 aliphatic carbocycles. The van der Waals surface area contributed by atoms with Crippen molar-refractivity contribution in [3.8, 4) is 0 Å². The molecule has 1 saturated carbocycles. The van der Waals surface area contributed by atoms with Crippen LogP contribution in [0.4, 0.5) is 5.69 Å². The molecule has 2 aromatic rings. The average molecular weight is 245 g/mol. The second-order valence-corrected chi connectivity index (χ2v) is 4.78. The van der Waals surface area contributed by atoms with Gasteiger partial charge in [-0.25, -0.2) is 0 Å². The molecule has 0 spiro atoms. The van der Waals surface area contributed by atoms with E-state index in [1.165, 1.54) is 12.3 Å². The number of hydrogen-bond donors (Lipinski definition) is 2. The van der Waals surface area contributed by atoms with E-state index >= 15 is 0 Å². The van der Waals surface area contributed by atoms with E-state index in [1.54, 1.807) is 12.1 Å². The molecule has 4 heteroatoms. The summed E-state index contributed by atoms with van der Waals surface area (Å²) in [6, 6.07) is 6.79. The van der Waals surface area contributed by atoms with Crippen LogP contribution in [0.15, 0.2) is 39.7 Å². The van der Waals surface area contributed by atoms with E-state index in [9.17, 15) is 9.90 Å². The third kappa shape index (κ3) is 2.24. The van der Waals surface area contributed by atoms with E-state index < -0.39 is 0 Å². The Bertz CT molecular complexity index is 616. The van der Waals surface area contributed by atoms with Gasteiger partial charge in [-0.1, -0.05) is 0 Å². The first-order valence-corrected chi connectivity index (χ1v) is 6.17. The third-order valence-electron chi connectivity index (χ3n) is 3.34. The van der Waals surface area contributed by atoms with Crippen LogP contribution >= 0.6 is 0 Å². The van der Waals surface area contributed by atoms with Gasteiger partial charge in [0.1, 0.15) is 5.58 Å². The highest BCUT2D eigenvalue weighted by atomic mass is 16.3. The Kier molecular flexibility index (Phi) is 2.80. The van der Waals surface area contributed by atoms with Gasteiger partial charge in [0.15, 0.2) is 5.43 Å². The average Bonchev–Trinajstić information content (AvgIpc) is 3.21.